The summed E-state index contributed by atoms with van der Waals surface area (Å²) in [5.41, 5.74) is 3.44. The Bertz CT molecular complexity index is 1030. The van der Waals surface area contributed by atoms with Gasteiger partial charge < -0.3 is 20.3 Å². The van der Waals surface area contributed by atoms with Crippen LogP contribution in [-0.2, 0) is 9.59 Å². The molecule has 3 rings (SSSR count). The number of hydrogen-bond acceptors (Lipinski definition) is 5. The van der Waals surface area contributed by atoms with Crippen molar-refractivity contribution in [3.05, 3.63) is 66.9 Å². The second-order valence-corrected chi connectivity index (χ2v) is 6.92. The molecule has 0 radical (unpaired) electrons. The molecule has 30 heavy (non-hydrogen) atoms. The molecule has 0 aliphatic heterocycles. The van der Waals surface area contributed by atoms with Gasteiger partial charge in [0.15, 0.2) is 6.61 Å². The van der Waals surface area contributed by atoms with E-state index in [9.17, 15) is 9.59 Å². The van der Waals surface area contributed by atoms with Gasteiger partial charge in [-0.1, -0.05) is 18.2 Å². The van der Waals surface area contributed by atoms with Crippen LogP contribution in [0.4, 0.5) is 17.2 Å². The Labute approximate surface area is 175 Å². The van der Waals surface area contributed by atoms with Gasteiger partial charge in [0.2, 0.25) is 5.91 Å². The summed E-state index contributed by atoms with van der Waals surface area (Å²) in [4.78, 5) is 28.9. The molecule has 7 heteroatoms. The van der Waals surface area contributed by atoms with E-state index in [2.05, 4.69) is 15.6 Å². The molecule has 0 spiro atoms. The number of aromatic nitrogens is 1. The number of benzene rings is 2. The first-order valence-electron chi connectivity index (χ1n) is 9.45. The molecular formula is C23H24N4O3. The number of carbonyl (C=O) groups is 2. The van der Waals surface area contributed by atoms with E-state index >= 15 is 0 Å². The summed E-state index contributed by atoms with van der Waals surface area (Å²) in [5, 5.41) is 6.01. The number of hydrogen-bond donors (Lipinski definition) is 2. The van der Waals surface area contributed by atoms with E-state index in [1.807, 2.05) is 54.6 Å². The normalized spacial score (nSPS) is 10.2. The highest BCUT2D eigenvalue weighted by atomic mass is 16.5. The molecule has 154 valence electrons. The van der Waals surface area contributed by atoms with Gasteiger partial charge in [-0.2, -0.15) is 0 Å². The third-order valence-corrected chi connectivity index (χ3v) is 4.25. The van der Waals surface area contributed by atoms with E-state index in [1.165, 1.54) is 11.8 Å². The molecule has 1 aromatic heterocycles. The Balaban J connectivity index is 1.67. The van der Waals surface area contributed by atoms with Crippen molar-refractivity contribution >= 4 is 29.0 Å². The van der Waals surface area contributed by atoms with Crippen molar-refractivity contribution in [3.63, 3.8) is 0 Å². The topological polar surface area (TPSA) is 83.6 Å². The van der Waals surface area contributed by atoms with Crippen molar-refractivity contribution in [2.75, 3.05) is 31.3 Å². The molecule has 0 unspecified atom stereocenters. The largest absolute Gasteiger partial charge is 0.484 e. The van der Waals surface area contributed by atoms with Crippen LogP contribution in [0.25, 0.3) is 11.1 Å². The van der Waals surface area contributed by atoms with Crippen LogP contribution in [0.3, 0.4) is 0 Å². The highest BCUT2D eigenvalue weighted by Crippen LogP contribution is 2.25. The number of pyridine rings is 1. The molecule has 0 fully saturated rings. The molecule has 1 heterocycles. The fraction of sp³-hybridized carbons (Fsp3) is 0.174. The lowest BCUT2D eigenvalue weighted by Crippen LogP contribution is -2.27. The van der Waals surface area contributed by atoms with E-state index in [4.69, 9.17) is 4.74 Å². The second-order valence-electron chi connectivity index (χ2n) is 6.92. The molecular weight excluding hydrogens is 380 g/mol. The van der Waals surface area contributed by atoms with Gasteiger partial charge in [-0.15, -0.1) is 0 Å². The lowest BCUT2D eigenvalue weighted by Gasteiger charge is -2.12. The monoisotopic (exact) mass is 404 g/mol. The molecule has 2 aromatic carbocycles. The van der Waals surface area contributed by atoms with Crippen molar-refractivity contribution in [1.29, 1.82) is 0 Å². The van der Waals surface area contributed by atoms with Crippen LogP contribution in [0, 0.1) is 0 Å². The van der Waals surface area contributed by atoms with Gasteiger partial charge in [0.05, 0.1) is 0 Å². The van der Waals surface area contributed by atoms with Crippen molar-refractivity contribution in [2.45, 2.75) is 6.92 Å². The van der Waals surface area contributed by atoms with Crippen molar-refractivity contribution < 1.29 is 14.3 Å². The first-order chi connectivity index (χ1) is 14.4. The summed E-state index contributed by atoms with van der Waals surface area (Å²) in [7, 11) is 3.38. The average molecular weight is 404 g/mol. The number of likely N-dealkylation sites (N-methyl/N-ethyl adjacent to an activating group) is 1. The minimum absolute atomic E-state index is 0.0129. The maximum atomic E-state index is 11.7. The summed E-state index contributed by atoms with van der Waals surface area (Å²) in [6.45, 7) is 1.47. The zero-order valence-corrected chi connectivity index (χ0v) is 17.2. The molecule has 0 aliphatic carbocycles. The highest BCUT2D eigenvalue weighted by Gasteiger charge is 2.06. The number of amides is 2. The minimum atomic E-state index is -0.109. The summed E-state index contributed by atoms with van der Waals surface area (Å²) in [5.74, 6) is 1.06. The van der Waals surface area contributed by atoms with Crippen molar-refractivity contribution in [3.8, 4) is 16.9 Å². The van der Waals surface area contributed by atoms with E-state index in [-0.39, 0.29) is 18.4 Å². The first kappa shape index (κ1) is 20.9. The van der Waals surface area contributed by atoms with E-state index in [0.29, 0.717) is 11.6 Å². The Morgan fingerprint density at radius 3 is 2.43 bits per heavy atom. The molecule has 0 atom stereocenters. The smallest absolute Gasteiger partial charge is 0.259 e. The number of nitrogens with zero attached hydrogens (tertiary/aromatic N) is 2. The maximum Gasteiger partial charge on any atom is 0.259 e. The summed E-state index contributed by atoms with van der Waals surface area (Å²) in [6, 6.07) is 18.8. The third-order valence-electron chi connectivity index (χ3n) is 4.25. The van der Waals surface area contributed by atoms with Crippen LogP contribution in [0.1, 0.15) is 6.92 Å². The van der Waals surface area contributed by atoms with Crippen LogP contribution >= 0.6 is 0 Å². The zero-order valence-electron chi connectivity index (χ0n) is 17.2. The summed E-state index contributed by atoms with van der Waals surface area (Å²) >= 11 is 0. The predicted octanol–water partition coefficient (Wildman–Crippen LogP) is 3.92. The van der Waals surface area contributed by atoms with Crippen LogP contribution in [0.15, 0.2) is 66.9 Å². The van der Waals surface area contributed by atoms with E-state index in [0.717, 1.165) is 22.5 Å². The Hall–Kier alpha value is -3.87. The van der Waals surface area contributed by atoms with Gasteiger partial charge in [0.1, 0.15) is 11.6 Å². The van der Waals surface area contributed by atoms with E-state index in [1.54, 1.807) is 26.4 Å². The third kappa shape index (κ3) is 5.81. The maximum absolute atomic E-state index is 11.7. The fourth-order valence-electron chi connectivity index (χ4n) is 2.70. The Kier molecular flexibility index (Phi) is 6.64. The molecule has 7 nitrogen and oxygen atoms in total. The molecule has 0 bridgehead atoms. The Morgan fingerprint density at radius 2 is 1.73 bits per heavy atom. The number of ether oxygens (including phenoxy) is 1. The standard InChI is InChI=1S/C23H24N4O3/c1-16(28)25-19-7-4-6-17(12-19)18-10-11-22(24-14-18)26-20-8-5-9-21(13-20)30-15-23(29)27(2)3/h4-14H,15H2,1-3H3,(H,24,26)(H,25,28). The van der Waals surface area contributed by atoms with Crippen LogP contribution in [-0.4, -0.2) is 42.4 Å². The van der Waals surface area contributed by atoms with Gasteiger partial charge in [-0.05, 0) is 42.0 Å². The highest BCUT2D eigenvalue weighted by molar-refractivity contribution is 5.89. The first-order valence-corrected chi connectivity index (χ1v) is 9.45. The molecule has 2 amide bonds. The minimum Gasteiger partial charge on any atom is -0.484 e. The number of nitrogens with one attached hydrogen (secondary N) is 2. The van der Waals surface area contributed by atoms with Gasteiger partial charge in [0.25, 0.3) is 5.91 Å². The lowest BCUT2D eigenvalue weighted by molar-refractivity contribution is -0.130. The average Bonchev–Trinajstić information content (AvgIpc) is 2.72. The molecule has 0 saturated heterocycles. The summed E-state index contributed by atoms with van der Waals surface area (Å²) in [6.07, 6.45) is 1.77. The molecule has 0 aliphatic rings. The van der Waals surface area contributed by atoms with Gasteiger partial charge in [-0.25, -0.2) is 4.98 Å². The zero-order chi connectivity index (χ0) is 21.5. The number of anilines is 3. The molecule has 0 saturated carbocycles. The van der Waals surface area contributed by atoms with Crippen LogP contribution in [0.5, 0.6) is 5.75 Å². The summed E-state index contributed by atoms with van der Waals surface area (Å²) < 4.78 is 5.54. The number of rotatable bonds is 7. The molecule has 3 aromatic rings. The van der Waals surface area contributed by atoms with Crippen LogP contribution < -0.4 is 15.4 Å². The predicted molar refractivity (Wildman–Crippen MR) is 118 cm³/mol. The second kappa shape index (κ2) is 9.56. The fourth-order valence-corrected chi connectivity index (χ4v) is 2.70. The van der Waals surface area contributed by atoms with Crippen LogP contribution in [0.2, 0.25) is 0 Å². The van der Waals surface area contributed by atoms with Gasteiger partial charge in [-0.3, -0.25) is 9.59 Å². The van der Waals surface area contributed by atoms with Gasteiger partial charge in [0, 0.05) is 50.2 Å². The molecule has 2 N–H and O–H groups in total. The lowest BCUT2D eigenvalue weighted by atomic mass is 10.1. The quantitative estimate of drug-likeness (QED) is 0.624. The van der Waals surface area contributed by atoms with Gasteiger partial charge >= 0.3 is 0 Å². The number of carbonyl (C=O) groups excluding carboxylic acids is 2. The van der Waals surface area contributed by atoms with E-state index < -0.39 is 0 Å². The SMILES string of the molecule is CC(=O)Nc1cccc(-c2ccc(Nc3cccc(OCC(=O)N(C)C)c3)nc2)c1. The van der Waals surface area contributed by atoms with Crippen molar-refractivity contribution in [1.82, 2.24) is 9.88 Å². The Morgan fingerprint density at radius 1 is 0.967 bits per heavy atom. The van der Waals surface area contributed by atoms with Crippen molar-refractivity contribution in [2.24, 2.45) is 0 Å².